The number of benzene rings is 7. The molecule has 228 valence electrons. The van der Waals surface area contributed by atoms with Crippen LogP contribution in [0.4, 0.5) is 17.1 Å². The number of nitrogens with zero attached hydrogens (tertiary/aromatic N) is 1. The molecule has 3 heteroatoms. The van der Waals surface area contributed by atoms with Gasteiger partial charge in [-0.2, -0.15) is 0 Å². The van der Waals surface area contributed by atoms with Crippen molar-refractivity contribution < 1.29 is 8.83 Å². The zero-order valence-corrected chi connectivity index (χ0v) is 26.7. The largest absolute Gasteiger partial charge is 0.456 e. The van der Waals surface area contributed by atoms with Gasteiger partial charge >= 0.3 is 0 Å². The first-order chi connectivity index (χ1) is 23.6. The van der Waals surface area contributed by atoms with Crippen molar-refractivity contribution in [3.8, 4) is 22.3 Å². The molecule has 0 saturated heterocycles. The van der Waals surface area contributed by atoms with E-state index in [0.717, 1.165) is 66.5 Å². The first kappa shape index (κ1) is 27.1. The minimum absolute atomic E-state index is 0.106. The third kappa shape index (κ3) is 3.76. The summed E-state index contributed by atoms with van der Waals surface area (Å²) in [5.41, 5.74) is 14.1. The van der Waals surface area contributed by atoms with Gasteiger partial charge in [0.05, 0.1) is 5.69 Å². The van der Waals surface area contributed by atoms with E-state index in [1.807, 2.05) is 18.2 Å². The van der Waals surface area contributed by atoms with E-state index < -0.39 is 0 Å². The Balaban J connectivity index is 1.32. The SMILES string of the molecule is CC1(C)c2ccccc2-c2ccc(-c3ccc(N(c4ccccc4)c4ccccc4)c4oc5ccc6oc7ccccc7c6c5c34)cc21. The van der Waals surface area contributed by atoms with Crippen molar-refractivity contribution in [2.75, 3.05) is 4.90 Å². The third-order valence-corrected chi connectivity index (χ3v) is 10.3. The summed E-state index contributed by atoms with van der Waals surface area (Å²) < 4.78 is 13.4. The number of furan rings is 2. The molecule has 0 spiro atoms. The Morgan fingerprint density at radius 3 is 1.85 bits per heavy atom. The van der Waals surface area contributed by atoms with Gasteiger partial charge in [-0.05, 0) is 88.0 Å². The molecule has 10 rings (SSSR count). The van der Waals surface area contributed by atoms with Crippen LogP contribution in [0.15, 0.2) is 160 Å². The molecule has 48 heavy (non-hydrogen) atoms. The van der Waals surface area contributed by atoms with Crippen LogP contribution in [0.25, 0.3) is 66.1 Å². The van der Waals surface area contributed by atoms with E-state index in [1.54, 1.807) is 0 Å². The third-order valence-electron chi connectivity index (χ3n) is 10.3. The molecule has 0 atom stereocenters. The number of rotatable bonds is 4. The summed E-state index contributed by atoms with van der Waals surface area (Å²) in [4.78, 5) is 2.29. The lowest BCUT2D eigenvalue weighted by molar-refractivity contribution is 0.660. The van der Waals surface area contributed by atoms with Gasteiger partial charge in [0.25, 0.3) is 0 Å². The Labute approximate surface area is 278 Å². The Bertz CT molecular complexity index is 2660. The first-order valence-corrected chi connectivity index (χ1v) is 16.5. The lowest BCUT2D eigenvalue weighted by atomic mass is 9.81. The molecule has 7 aromatic carbocycles. The minimum atomic E-state index is -0.106. The van der Waals surface area contributed by atoms with Crippen molar-refractivity contribution in [2.24, 2.45) is 0 Å². The molecule has 0 unspecified atom stereocenters. The van der Waals surface area contributed by atoms with Gasteiger partial charge in [0.15, 0.2) is 5.58 Å². The number of fused-ring (bicyclic) bond motifs is 10. The maximum atomic E-state index is 7.00. The molecule has 9 aromatic rings. The molecule has 3 nitrogen and oxygen atoms in total. The monoisotopic (exact) mass is 617 g/mol. The normalized spacial score (nSPS) is 13.4. The zero-order chi connectivity index (χ0) is 32.0. The van der Waals surface area contributed by atoms with Crippen LogP contribution in [0.2, 0.25) is 0 Å². The van der Waals surface area contributed by atoms with Gasteiger partial charge in [-0.3, -0.25) is 0 Å². The number of anilines is 3. The van der Waals surface area contributed by atoms with Crippen LogP contribution in [0, 0.1) is 0 Å². The van der Waals surface area contributed by atoms with Gasteiger partial charge < -0.3 is 13.7 Å². The molecule has 1 aliphatic carbocycles. The summed E-state index contributed by atoms with van der Waals surface area (Å²) in [7, 11) is 0. The maximum absolute atomic E-state index is 7.00. The van der Waals surface area contributed by atoms with E-state index in [1.165, 1.54) is 27.8 Å². The maximum Gasteiger partial charge on any atom is 0.160 e. The topological polar surface area (TPSA) is 29.5 Å². The van der Waals surface area contributed by atoms with Crippen molar-refractivity contribution in [2.45, 2.75) is 19.3 Å². The zero-order valence-electron chi connectivity index (χ0n) is 26.7. The highest BCUT2D eigenvalue weighted by molar-refractivity contribution is 6.29. The van der Waals surface area contributed by atoms with Gasteiger partial charge in [0.1, 0.15) is 16.7 Å². The summed E-state index contributed by atoms with van der Waals surface area (Å²) in [6.07, 6.45) is 0. The molecule has 2 aromatic heterocycles. The smallest absolute Gasteiger partial charge is 0.160 e. The highest BCUT2D eigenvalue weighted by atomic mass is 16.3. The second kappa shape index (κ2) is 9.97. The number of hydrogen-bond acceptors (Lipinski definition) is 3. The Morgan fingerprint density at radius 1 is 0.458 bits per heavy atom. The quantitative estimate of drug-likeness (QED) is 0.197. The van der Waals surface area contributed by atoms with Gasteiger partial charge in [0, 0.05) is 38.3 Å². The standard InChI is InChI=1S/C45H31NO2/c1-45(2)35-19-11-9-17-32(35)33-22-21-28(27-36(33)45)31-23-24-37(46(29-13-5-3-6-14-29)30-15-7-4-8-16-30)44-42(31)43-40(48-44)26-25-39-41(43)34-18-10-12-20-38(34)47-39/h3-27H,1-2H3. The van der Waals surface area contributed by atoms with E-state index in [9.17, 15) is 0 Å². The highest BCUT2D eigenvalue weighted by Gasteiger charge is 2.35. The molecular weight excluding hydrogens is 587 g/mol. The summed E-state index contributed by atoms with van der Waals surface area (Å²) in [5.74, 6) is 0. The minimum Gasteiger partial charge on any atom is -0.456 e. The summed E-state index contributed by atoms with van der Waals surface area (Å²) >= 11 is 0. The first-order valence-electron chi connectivity index (χ1n) is 16.5. The predicted molar refractivity (Wildman–Crippen MR) is 199 cm³/mol. The molecule has 0 fully saturated rings. The van der Waals surface area contributed by atoms with E-state index in [0.29, 0.717) is 0 Å². The molecular formula is C45H31NO2. The van der Waals surface area contributed by atoms with Crippen molar-refractivity contribution in [3.63, 3.8) is 0 Å². The second-order valence-electron chi connectivity index (χ2n) is 13.3. The van der Waals surface area contributed by atoms with Crippen LogP contribution in [0.3, 0.4) is 0 Å². The van der Waals surface area contributed by atoms with Crippen LogP contribution < -0.4 is 4.90 Å². The number of para-hydroxylation sites is 3. The molecule has 0 bridgehead atoms. The molecule has 1 aliphatic rings. The lowest BCUT2D eigenvalue weighted by Gasteiger charge is -2.26. The lowest BCUT2D eigenvalue weighted by Crippen LogP contribution is -2.14. The van der Waals surface area contributed by atoms with Crippen LogP contribution in [-0.4, -0.2) is 0 Å². The van der Waals surface area contributed by atoms with Gasteiger partial charge in [-0.15, -0.1) is 0 Å². The molecule has 2 heterocycles. The van der Waals surface area contributed by atoms with Crippen LogP contribution in [0.5, 0.6) is 0 Å². The van der Waals surface area contributed by atoms with E-state index in [2.05, 4.69) is 152 Å². The molecule has 0 radical (unpaired) electrons. The van der Waals surface area contributed by atoms with E-state index >= 15 is 0 Å². The fraction of sp³-hybridized carbons (Fsp3) is 0.0667. The Kier molecular flexibility index (Phi) is 5.63. The molecule has 0 saturated carbocycles. The van der Waals surface area contributed by atoms with E-state index in [-0.39, 0.29) is 5.41 Å². The van der Waals surface area contributed by atoms with Crippen LogP contribution in [-0.2, 0) is 5.41 Å². The highest BCUT2D eigenvalue weighted by Crippen LogP contribution is 2.52. The molecule has 0 amide bonds. The molecule has 0 aliphatic heterocycles. The van der Waals surface area contributed by atoms with Gasteiger partial charge in [0.2, 0.25) is 0 Å². The number of hydrogen-bond donors (Lipinski definition) is 0. The summed E-state index contributed by atoms with van der Waals surface area (Å²) in [6, 6.07) is 53.8. The molecule has 0 N–H and O–H groups in total. The summed E-state index contributed by atoms with van der Waals surface area (Å²) in [5, 5.41) is 4.34. The fourth-order valence-electron chi connectivity index (χ4n) is 8.03. The van der Waals surface area contributed by atoms with Gasteiger partial charge in [-0.1, -0.05) is 111 Å². The van der Waals surface area contributed by atoms with Crippen LogP contribution in [0.1, 0.15) is 25.0 Å². The Hall–Kier alpha value is -6.06. The average Bonchev–Trinajstić information content (AvgIpc) is 3.78. The van der Waals surface area contributed by atoms with Crippen molar-refractivity contribution in [3.05, 3.63) is 163 Å². The average molecular weight is 618 g/mol. The predicted octanol–water partition coefficient (Wildman–Crippen LogP) is 12.9. The summed E-state index contributed by atoms with van der Waals surface area (Å²) in [6.45, 7) is 4.68. The van der Waals surface area contributed by atoms with Gasteiger partial charge in [-0.25, -0.2) is 0 Å². The van der Waals surface area contributed by atoms with Crippen molar-refractivity contribution in [1.29, 1.82) is 0 Å². The van der Waals surface area contributed by atoms with Crippen LogP contribution >= 0.6 is 0 Å². The second-order valence-corrected chi connectivity index (χ2v) is 13.3. The Morgan fingerprint density at radius 2 is 1.08 bits per heavy atom. The fourth-order valence-corrected chi connectivity index (χ4v) is 8.03. The van der Waals surface area contributed by atoms with Crippen molar-refractivity contribution >= 4 is 60.9 Å². The van der Waals surface area contributed by atoms with E-state index in [4.69, 9.17) is 8.83 Å². The van der Waals surface area contributed by atoms with Crippen molar-refractivity contribution in [1.82, 2.24) is 0 Å².